The van der Waals surface area contributed by atoms with Crippen LogP contribution < -0.4 is 14.2 Å². The number of allylic oxidation sites excluding steroid dienone is 1. The maximum atomic E-state index is 13.1. The van der Waals surface area contributed by atoms with Crippen molar-refractivity contribution in [2.24, 2.45) is 5.92 Å². The van der Waals surface area contributed by atoms with E-state index in [0.29, 0.717) is 24.0 Å². The third-order valence-corrected chi connectivity index (χ3v) is 7.55. The molecule has 0 spiro atoms. The molecule has 1 fully saturated rings. The molecule has 0 saturated heterocycles. The van der Waals surface area contributed by atoms with Gasteiger partial charge in [-0.25, -0.2) is 0 Å². The van der Waals surface area contributed by atoms with Gasteiger partial charge in [0.2, 0.25) is 0 Å². The lowest BCUT2D eigenvalue weighted by molar-refractivity contribution is 0.103. The molecule has 0 heterocycles. The van der Waals surface area contributed by atoms with Gasteiger partial charge in [-0.05, 0) is 48.6 Å². The first-order valence-electron chi connectivity index (χ1n) is 9.83. The van der Waals surface area contributed by atoms with Crippen molar-refractivity contribution in [3.63, 3.8) is 0 Å². The van der Waals surface area contributed by atoms with E-state index in [1.165, 1.54) is 18.6 Å². The minimum absolute atomic E-state index is 0.0723. The largest absolute Gasteiger partial charge is 0.497 e. The molecule has 0 aliphatic heterocycles. The van der Waals surface area contributed by atoms with E-state index < -0.39 is 27.4 Å². The van der Waals surface area contributed by atoms with Gasteiger partial charge in [0.05, 0.1) is 35.3 Å². The molecule has 2 aromatic rings. The Bertz CT molecular complexity index is 993. The van der Waals surface area contributed by atoms with Crippen LogP contribution in [0, 0.1) is 5.92 Å². The molecule has 1 aliphatic carbocycles. The molecule has 0 N–H and O–H groups in total. The zero-order chi connectivity index (χ0) is 22.4. The molecule has 6 nitrogen and oxygen atoms in total. The van der Waals surface area contributed by atoms with E-state index in [1.807, 2.05) is 24.3 Å². The summed E-state index contributed by atoms with van der Waals surface area (Å²) >= 11 is 0. The van der Waals surface area contributed by atoms with Crippen molar-refractivity contribution in [2.75, 3.05) is 26.2 Å². The van der Waals surface area contributed by atoms with E-state index in [2.05, 4.69) is 0 Å². The molecular formula is C23H26O6S2. The van der Waals surface area contributed by atoms with E-state index >= 15 is 0 Å². The SMILES string of the molecule is COc1ccc(COc2cccc(OCC3CC3)c2C(=O)C=C(S(C)=O)S(C)=O)cc1. The summed E-state index contributed by atoms with van der Waals surface area (Å²) in [6.07, 6.45) is 6.20. The van der Waals surface area contributed by atoms with Crippen LogP contribution in [-0.4, -0.2) is 40.4 Å². The lowest BCUT2D eigenvalue weighted by Gasteiger charge is -2.15. The van der Waals surface area contributed by atoms with Gasteiger partial charge < -0.3 is 14.2 Å². The number of methoxy groups -OCH3 is 1. The van der Waals surface area contributed by atoms with Gasteiger partial charge in [0.15, 0.2) is 5.78 Å². The summed E-state index contributed by atoms with van der Waals surface area (Å²) in [7, 11) is -1.46. The van der Waals surface area contributed by atoms with Crippen molar-refractivity contribution >= 4 is 27.4 Å². The molecule has 31 heavy (non-hydrogen) atoms. The average molecular weight is 463 g/mol. The predicted molar refractivity (Wildman–Crippen MR) is 123 cm³/mol. The van der Waals surface area contributed by atoms with Crippen LogP contribution in [0.15, 0.2) is 52.8 Å². The molecule has 1 saturated carbocycles. The number of benzene rings is 2. The van der Waals surface area contributed by atoms with Crippen molar-refractivity contribution in [3.05, 3.63) is 63.9 Å². The summed E-state index contributed by atoms with van der Waals surface area (Å²) in [5.74, 6) is 1.56. The molecule has 0 radical (unpaired) electrons. The Labute approximate surface area is 187 Å². The molecule has 0 bridgehead atoms. The fourth-order valence-corrected chi connectivity index (χ4v) is 4.75. The third kappa shape index (κ3) is 6.51. The molecule has 2 unspecified atom stereocenters. The first-order chi connectivity index (χ1) is 14.9. The maximum Gasteiger partial charge on any atom is 0.195 e. The van der Waals surface area contributed by atoms with E-state index in [9.17, 15) is 13.2 Å². The molecule has 2 atom stereocenters. The number of hydrogen-bond acceptors (Lipinski definition) is 6. The lowest BCUT2D eigenvalue weighted by atomic mass is 10.1. The molecule has 166 valence electrons. The first kappa shape index (κ1) is 23.2. The van der Waals surface area contributed by atoms with Crippen molar-refractivity contribution in [1.29, 1.82) is 0 Å². The van der Waals surface area contributed by atoms with Crippen molar-refractivity contribution in [2.45, 2.75) is 19.4 Å². The number of carbonyl (C=O) groups is 1. The Hall–Kier alpha value is -2.45. The van der Waals surface area contributed by atoms with Gasteiger partial charge in [-0.15, -0.1) is 0 Å². The topological polar surface area (TPSA) is 78.9 Å². The van der Waals surface area contributed by atoms with Gasteiger partial charge in [-0.2, -0.15) is 0 Å². The summed E-state index contributed by atoms with van der Waals surface area (Å²) in [6, 6.07) is 12.6. The second kappa shape index (κ2) is 10.7. The van der Waals surface area contributed by atoms with Gasteiger partial charge in [0.1, 0.15) is 33.7 Å². The second-order valence-corrected chi connectivity index (χ2v) is 10.2. The van der Waals surface area contributed by atoms with Crippen LogP contribution in [0.1, 0.15) is 28.8 Å². The maximum absolute atomic E-state index is 13.1. The highest BCUT2D eigenvalue weighted by Gasteiger charge is 2.25. The van der Waals surface area contributed by atoms with Gasteiger partial charge in [-0.1, -0.05) is 18.2 Å². The zero-order valence-electron chi connectivity index (χ0n) is 17.8. The number of ether oxygens (including phenoxy) is 3. The summed E-state index contributed by atoms with van der Waals surface area (Å²) in [5, 5.41) is 0. The Morgan fingerprint density at radius 1 is 1.00 bits per heavy atom. The van der Waals surface area contributed by atoms with Crippen LogP contribution in [0.25, 0.3) is 0 Å². The lowest BCUT2D eigenvalue weighted by Crippen LogP contribution is -2.10. The van der Waals surface area contributed by atoms with E-state index in [4.69, 9.17) is 14.2 Å². The molecule has 8 heteroatoms. The van der Waals surface area contributed by atoms with E-state index in [-0.39, 0.29) is 16.4 Å². The van der Waals surface area contributed by atoms with E-state index in [1.54, 1.807) is 25.3 Å². The smallest absolute Gasteiger partial charge is 0.195 e. The number of ketones is 1. The molecular weight excluding hydrogens is 436 g/mol. The van der Waals surface area contributed by atoms with Crippen LogP contribution in [0.4, 0.5) is 0 Å². The molecule has 0 amide bonds. The molecule has 2 aromatic carbocycles. The first-order valence-corrected chi connectivity index (χ1v) is 12.9. The monoisotopic (exact) mass is 462 g/mol. The van der Waals surface area contributed by atoms with Gasteiger partial charge in [0, 0.05) is 18.6 Å². The Balaban J connectivity index is 1.90. The van der Waals surface area contributed by atoms with Gasteiger partial charge in [0.25, 0.3) is 0 Å². The molecule has 0 aromatic heterocycles. The van der Waals surface area contributed by atoms with E-state index in [0.717, 1.165) is 24.2 Å². The second-order valence-electron chi connectivity index (χ2n) is 7.26. The predicted octanol–water partition coefficient (Wildman–Crippen LogP) is 3.84. The molecule has 1 aliphatic rings. The summed E-state index contributed by atoms with van der Waals surface area (Å²) in [6.45, 7) is 0.768. The highest BCUT2D eigenvalue weighted by atomic mass is 32.2. The van der Waals surface area contributed by atoms with Gasteiger partial charge in [-0.3, -0.25) is 13.2 Å². The summed E-state index contributed by atoms with van der Waals surface area (Å²) < 4.78 is 41.0. The van der Waals surface area contributed by atoms with Crippen LogP contribution in [0.3, 0.4) is 0 Å². The number of hydrogen-bond donors (Lipinski definition) is 0. The van der Waals surface area contributed by atoms with Crippen molar-refractivity contribution in [1.82, 2.24) is 0 Å². The number of rotatable bonds is 11. The Morgan fingerprint density at radius 2 is 1.61 bits per heavy atom. The quantitative estimate of drug-likeness (QED) is 0.373. The Kier molecular flexibility index (Phi) is 8.03. The van der Waals surface area contributed by atoms with Crippen molar-refractivity contribution < 1.29 is 27.4 Å². The highest BCUT2D eigenvalue weighted by molar-refractivity contribution is 8.07. The van der Waals surface area contributed by atoms with Crippen LogP contribution in [0.2, 0.25) is 0 Å². The van der Waals surface area contributed by atoms with Crippen LogP contribution in [-0.2, 0) is 28.2 Å². The summed E-state index contributed by atoms with van der Waals surface area (Å²) in [4.78, 5) is 13.1. The fourth-order valence-electron chi connectivity index (χ4n) is 2.88. The van der Waals surface area contributed by atoms with Crippen LogP contribution >= 0.6 is 0 Å². The standard InChI is InChI=1S/C23H26O6S2/c1-27-18-11-9-17(10-12-18)15-29-21-6-4-5-20(28-14-16-7-8-16)23(21)19(24)13-22(30(2)25)31(3)26/h4-6,9-13,16H,7-8,14-15H2,1-3H3. The summed E-state index contributed by atoms with van der Waals surface area (Å²) in [5.41, 5.74) is 1.15. The third-order valence-electron chi connectivity index (χ3n) is 4.77. The zero-order valence-corrected chi connectivity index (χ0v) is 19.4. The normalized spacial score (nSPS) is 14.9. The van der Waals surface area contributed by atoms with Crippen molar-refractivity contribution in [3.8, 4) is 17.2 Å². The number of carbonyl (C=O) groups excluding carboxylic acids is 1. The fraction of sp³-hybridized carbons (Fsp3) is 0.348. The average Bonchev–Trinajstić information content (AvgIpc) is 3.58. The minimum Gasteiger partial charge on any atom is -0.497 e. The van der Waals surface area contributed by atoms with Crippen LogP contribution in [0.5, 0.6) is 17.2 Å². The Morgan fingerprint density at radius 3 is 2.16 bits per heavy atom. The molecule has 3 rings (SSSR count). The minimum atomic E-state index is -1.53. The highest BCUT2D eigenvalue weighted by Crippen LogP contribution is 2.34. The van der Waals surface area contributed by atoms with Gasteiger partial charge >= 0.3 is 0 Å².